The van der Waals surface area contributed by atoms with Gasteiger partial charge < -0.3 is 14.2 Å². The molecule has 0 radical (unpaired) electrons. The SMILES string of the molecule is CC(F)c1nnc(-c2cnc(N3CC4CC3CN4C(=O)C3CCC(F)(F)CC3)s2)o1. The lowest BCUT2D eigenvalue weighted by Gasteiger charge is -2.37. The van der Waals surface area contributed by atoms with Crippen molar-refractivity contribution in [2.24, 2.45) is 5.92 Å². The molecule has 30 heavy (non-hydrogen) atoms. The monoisotopic (exact) mass is 441 g/mol. The molecule has 1 aliphatic carbocycles. The highest BCUT2D eigenvalue weighted by molar-refractivity contribution is 7.18. The third-order valence-corrected chi connectivity index (χ3v) is 7.34. The highest BCUT2D eigenvalue weighted by Crippen LogP contribution is 2.41. The van der Waals surface area contributed by atoms with Gasteiger partial charge in [-0.1, -0.05) is 11.3 Å². The summed E-state index contributed by atoms with van der Waals surface area (Å²) in [6.45, 7) is 2.60. The summed E-state index contributed by atoms with van der Waals surface area (Å²) in [4.78, 5) is 22.1. The summed E-state index contributed by atoms with van der Waals surface area (Å²) < 4.78 is 45.5. The fraction of sp³-hybridized carbons (Fsp3) is 0.684. The lowest BCUT2D eigenvalue weighted by Crippen LogP contribution is -2.51. The van der Waals surface area contributed by atoms with Gasteiger partial charge in [-0.05, 0) is 26.2 Å². The van der Waals surface area contributed by atoms with Crippen LogP contribution in [0.3, 0.4) is 0 Å². The van der Waals surface area contributed by atoms with Crippen molar-refractivity contribution in [3.05, 3.63) is 12.1 Å². The number of alkyl halides is 3. The summed E-state index contributed by atoms with van der Waals surface area (Å²) in [5.74, 6) is -2.70. The van der Waals surface area contributed by atoms with Crippen LogP contribution in [0.25, 0.3) is 10.8 Å². The lowest BCUT2D eigenvalue weighted by atomic mass is 9.85. The van der Waals surface area contributed by atoms with Gasteiger partial charge in [0.15, 0.2) is 11.3 Å². The minimum absolute atomic E-state index is 0.0243. The number of thiazole rings is 1. The van der Waals surface area contributed by atoms with E-state index in [0.29, 0.717) is 18.0 Å². The Balaban J connectivity index is 1.23. The van der Waals surface area contributed by atoms with E-state index in [9.17, 15) is 18.0 Å². The molecular formula is C19H22F3N5O2S. The van der Waals surface area contributed by atoms with Crippen LogP contribution < -0.4 is 4.90 Å². The normalized spacial score (nSPS) is 27.1. The molecule has 3 unspecified atom stereocenters. The smallest absolute Gasteiger partial charge is 0.259 e. The van der Waals surface area contributed by atoms with Crippen LogP contribution in [0.5, 0.6) is 0 Å². The average Bonchev–Trinajstić information content (AvgIpc) is 3.49. The minimum Gasteiger partial charge on any atom is -0.417 e. The number of amides is 1. The Morgan fingerprint density at radius 3 is 2.67 bits per heavy atom. The van der Waals surface area contributed by atoms with E-state index in [2.05, 4.69) is 20.1 Å². The number of nitrogens with zero attached hydrogens (tertiary/aromatic N) is 5. The molecular weight excluding hydrogens is 419 g/mol. The van der Waals surface area contributed by atoms with Crippen molar-refractivity contribution in [1.82, 2.24) is 20.1 Å². The highest BCUT2D eigenvalue weighted by Gasteiger charge is 2.48. The van der Waals surface area contributed by atoms with Crippen LogP contribution in [0.2, 0.25) is 0 Å². The van der Waals surface area contributed by atoms with Crippen LogP contribution in [0.15, 0.2) is 10.6 Å². The number of fused-ring (bicyclic) bond motifs is 2. The number of rotatable bonds is 4. The van der Waals surface area contributed by atoms with E-state index in [1.165, 1.54) is 18.3 Å². The predicted molar refractivity (Wildman–Crippen MR) is 103 cm³/mol. The van der Waals surface area contributed by atoms with Crippen LogP contribution in [0.1, 0.15) is 51.1 Å². The molecule has 1 amide bonds. The van der Waals surface area contributed by atoms with Gasteiger partial charge in [0.25, 0.3) is 11.8 Å². The van der Waals surface area contributed by atoms with E-state index >= 15 is 0 Å². The zero-order valence-corrected chi connectivity index (χ0v) is 17.2. The first-order chi connectivity index (χ1) is 14.3. The molecule has 7 nitrogen and oxygen atoms in total. The average molecular weight is 441 g/mol. The molecule has 0 N–H and O–H groups in total. The van der Waals surface area contributed by atoms with Crippen molar-refractivity contribution >= 4 is 22.4 Å². The number of halogens is 3. The summed E-state index contributed by atoms with van der Waals surface area (Å²) in [7, 11) is 0. The van der Waals surface area contributed by atoms with E-state index in [4.69, 9.17) is 4.42 Å². The van der Waals surface area contributed by atoms with Crippen molar-refractivity contribution in [3.8, 4) is 10.8 Å². The Hall–Kier alpha value is -2.17. The molecule has 162 valence electrons. The Bertz CT molecular complexity index is 938. The number of likely N-dealkylation sites (tertiary alicyclic amines) is 1. The maximum atomic E-state index is 13.4. The van der Waals surface area contributed by atoms with Gasteiger partial charge in [-0.25, -0.2) is 18.2 Å². The van der Waals surface area contributed by atoms with E-state index in [1.54, 1.807) is 6.20 Å². The number of piperazine rings is 1. The second-order valence-electron chi connectivity index (χ2n) is 8.39. The predicted octanol–water partition coefficient (Wildman–Crippen LogP) is 3.84. The number of hydrogen-bond acceptors (Lipinski definition) is 7. The second-order valence-corrected chi connectivity index (χ2v) is 9.39. The quantitative estimate of drug-likeness (QED) is 0.718. The first kappa shape index (κ1) is 19.8. The summed E-state index contributed by atoms with van der Waals surface area (Å²) in [5, 5.41) is 8.38. The summed E-state index contributed by atoms with van der Waals surface area (Å²) in [5.41, 5.74) is 0. The van der Waals surface area contributed by atoms with Gasteiger partial charge in [-0.15, -0.1) is 10.2 Å². The molecule has 1 saturated carbocycles. The lowest BCUT2D eigenvalue weighted by molar-refractivity contribution is -0.140. The number of carbonyl (C=O) groups excluding carboxylic acids is 1. The second kappa shape index (κ2) is 7.21. The molecule has 2 aliphatic heterocycles. The van der Waals surface area contributed by atoms with E-state index in [1.807, 2.05) is 4.90 Å². The standard InChI is InChI=1S/C19H22F3N5O2S/c1-10(20)15-24-25-16(29-15)14-7-23-18(30-14)27-9-12-6-13(27)8-26(12)17(28)11-2-4-19(21,22)5-3-11/h7,10-13H,2-6,8-9H2,1H3. The molecule has 5 rings (SSSR count). The molecule has 2 aromatic rings. The van der Waals surface area contributed by atoms with Gasteiger partial charge in [0, 0.05) is 31.8 Å². The van der Waals surface area contributed by atoms with Crippen molar-refractivity contribution in [3.63, 3.8) is 0 Å². The van der Waals surface area contributed by atoms with E-state index in [-0.39, 0.29) is 61.4 Å². The van der Waals surface area contributed by atoms with Crippen LogP contribution in [0.4, 0.5) is 18.3 Å². The highest BCUT2D eigenvalue weighted by atomic mass is 32.1. The molecule has 2 bridgehead atoms. The topological polar surface area (TPSA) is 75.4 Å². The van der Waals surface area contributed by atoms with Crippen LogP contribution in [-0.4, -0.2) is 57.1 Å². The summed E-state index contributed by atoms with van der Waals surface area (Å²) in [6.07, 6.45) is 1.30. The zero-order chi connectivity index (χ0) is 21.0. The van der Waals surface area contributed by atoms with E-state index < -0.39 is 12.1 Å². The Kier molecular flexibility index (Phi) is 4.75. The molecule has 0 spiro atoms. The molecule has 3 aliphatic rings. The first-order valence-electron chi connectivity index (χ1n) is 10.2. The maximum Gasteiger partial charge on any atom is 0.259 e. The summed E-state index contributed by atoms with van der Waals surface area (Å²) >= 11 is 1.39. The number of hydrogen-bond donors (Lipinski definition) is 0. The largest absolute Gasteiger partial charge is 0.417 e. The molecule has 4 heterocycles. The van der Waals surface area contributed by atoms with Crippen LogP contribution in [0, 0.1) is 5.92 Å². The minimum atomic E-state index is -2.62. The first-order valence-corrected chi connectivity index (χ1v) is 11.0. The number of carbonyl (C=O) groups is 1. The van der Waals surface area contributed by atoms with Gasteiger partial charge in [0.1, 0.15) is 4.88 Å². The van der Waals surface area contributed by atoms with Crippen LogP contribution in [-0.2, 0) is 4.79 Å². The third-order valence-electron chi connectivity index (χ3n) is 6.32. The summed E-state index contributed by atoms with van der Waals surface area (Å²) in [6, 6.07) is 0.242. The fourth-order valence-corrected chi connectivity index (χ4v) is 5.60. The van der Waals surface area contributed by atoms with Gasteiger partial charge in [0.2, 0.25) is 11.8 Å². The molecule has 0 aromatic carbocycles. The maximum absolute atomic E-state index is 13.4. The molecule has 2 aromatic heterocycles. The van der Waals surface area contributed by atoms with Gasteiger partial charge in [0.05, 0.1) is 18.3 Å². The molecule has 2 saturated heterocycles. The zero-order valence-electron chi connectivity index (χ0n) is 16.4. The van der Waals surface area contributed by atoms with E-state index in [0.717, 1.165) is 11.6 Å². The van der Waals surface area contributed by atoms with Crippen molar-refractivity contribution in [2.45, 2.75) is 63.2 Å². The molecule has 11 heteroatoms. The van der Waals surface area contributed by atoms with Crippen molar-refractivity contribution in [2.75, 3.05) is 18.0 Å². The Labute approximate surface area is 175 Å². The Morgan fingerprint density at radius 2 is 2.03 bits per heavy atom. The fourth-order valence-electron chi connectivity index (χ4n) is 4.68. The molecule has 3 atom stereocenters. The molecule has 3 fully saturated rings. The van der Waals surface area contributed by atoms with Crippen molar-refractivity contribution in [1.29, 1.82) is 0 Å². The third kappa shape index (κ3) is 3.46. The number of anilines is 1. The van der Waals surface area contributed by atoms with Gasteiger partial charge in [-0.3, -0.25) is 4.79 Å². The van der Waals surface area contributed by atoms with Crippen LogP contribution >= 0.6 is 11.3 Å². The van der Waals surface area contributed by atoms with Gasteiger partial charge >= 0.3 is 0 Å². The van der Waals surface area contributed by atoms with Crippen molar-refractivity contribution < 1.29 is 22.4 Å². The Morgan fingerprint density at radius 1 is 1.27 bits per heavy atom. The number of aromatic nitrogens is 3. The van der Waals surface area contributed by atoms with Gasteiger partial charge in [-0.2, -0.15) is 0 Å².